The van der Waals surface area contributed by atoms with Crippen LogP contribution >= 0.6 is 11.3 Å². The van der Waals surface area contributed by atoms with Gasteiger partial charge in [0.25, 0.3) is 0 Å². The summed E-state index contributed by atoms with van der Waals surface area (Å²) in [5, 5.41) is 14.9. The molecule has 34 heavy (non-hydrogen) atoms. The minimum atomic E-state index is 0.398. The zero-order chi connectivity index (χ0) is 22.7. The second kappa shape index (κ2) is 10.2. The number of anilines is 3. The van der Waals surface area contributed by atoms with Gasteiger partial charge in [-0.25, -0.2) is 4.98 Å². The molecule has 5 heterocycles. The number of rotatable bonds is 6. The van der Waals surface area contributed by atoms with Crippen LogP contribution < -0.4 is 10.6 Å². The summed E-state index contributed by atoms with van der Waals surface area (Å²) in [5.74, 6) is 1.55. The number of nitrogens with one attached hydrogen (secondary N) is 2. The number of hydrogen-bond donors (Lipinski definition) is 2. The SMILES string of the molecule is c1cc2c(NC3CCC(N4CCOCC4)CC3)nc(Nc3cnn(C4CCOCC4)c3)nc2s1. The Hall–Kier alpha value is -2.27. The molecule has 3 fully saturated rings. The summed E-state index contributed by atoms with van der Waals surface area (Å²) in [7, 11) is 0. The summed E-state index contributed by atoms with van der Waals surface area (Å²) in [6, 6.07) is 3.65. The van der Waals surface area contributed by atoms with Crippen molar-refractivity contribution in [3.05, 3.63) is 23.8 Å². The molecule has 1 saturated carbocycles. The smallest absolute Gasteiger partial charge is 0.230 e. The van der Waals surface area contributed by atoms with Crippen molar-refractivity contribution in [1.29, 1.82) is 0 Å². The van der Waals surface area contributed by atoms with Gasteiger partial charge in [0.2, 0.25) is 5.95 Å². The first-order chi connectivity index (χ1) is 16.8. The lowest BCUT2D eigenvalue weighted by molar-refractivity contribution is 0.00791. The average molecular weight is 484 g/mol. The summed E-state index contributed by atoms with van der Waals surface area (Å²) < 4.78 is 13.0. The number of thiophene rings is 1. The fourth-order valence-corrected chi connectivity index (χ4v) is 6.19. The summed E-state index contributed by atoms with van der Waals surface area (Å²) in [6.45, 7) is 5.50. The number of ether oxygens (including phenoxy) is 2. The first-order valence-electron chi connectivity index (χ1n) is 12.5. The highest BCUT2D eigenvalue weighted by atomic mass is 32.1. The summed E-state index contributed by atoms with van der Waals surface area (Å²) in [4.78, 5) is 13.3. The molecule has 0 radical (unpaired) electrons. The first-order valence-corrected chi connectivity index (χ1v) is 13.4. The van der Waals surface area contributed by atoms with Crippen LogP contribution in [-0.4, -0.2) is 76.2 Å². The average Bonchev–Trinajstić information content (AvgIpc) is 3.56. The molecule has 6 rings (SSSR count). The first kappa shape index (κ1) is 22.2. The molecule has 2 saturated heterocycles. The Labute approximate surface area is 203 Å². The molecule has 0 spiro atoms. The van der Waals surface area contributed by atoms with Crippen LogP contribution in [0.15, 0.2) is 23.8 Å². The van der Waals surface area contributed by atoms with Crippen LogP contribution in [-0.2, 0) is 9.47 Å². The van der Waals surface area contributed by atoms with Crippen molar-refractivity contribution in [3.63, 3.8) is 0 Å². The van der Waals surface area contributed by atoms with Crippen molar-refractivity contribution >= 4 is 39.0 Å². The number of aromatic nitrogens is 4. The Bertz CT molecular complexity index is 1080. The van der Waals surface area contributed by atoms with Crippen molar-refractivity contribution < 1.29 is 9.47 Å². The molecule has 3 aromatic heterocycles. The van der Waals surface area contributed by atoms with Crippen LogP contribution in [0, 0.1) is 0 Å². The Morgan fingerprint density at radius 2 is 1.71 bits per heavy atom. The topological polar surface area (TPSA) is 89.4 Å². The number of hydrogen-bond acceptors (Lipinski definition) is 9. The quantitative estimate of drug-likeness (QED) is 0.543. The van der Waals surface area contributed by atoms with Crippen molar-refractivity contribution in [3.8, 4) is 0 Å². The van der Waals surface area contributed by atoms with Gasteiger partial charge in [0.05, 0.1) is 36.5 Å². The minimum Gasteiger partial charge on any atom is -0.381 e. The maximum absolute atomic E-state index is 5.53. The number of nitrogens with zero attached hydrogens (tertiary/aromatic N) is 5. The number of morpholine rings is 1. The normalized spacial score (nSPS) is 24.9. The van der Waals surface area contributed by atoms with Gasteiger partial charge in [-0.1, -0.05) is 0 Å². The van der Waals surface area contributed by atoms with Crippen molar-refractivity contribution in [2.75, 3.05) is 50.2 Å². The van der Waals surface area contributed by atoms with Crippen LogP contribution in [0.4, 0.5) is 17.5 Å². The molecule has 3 aromatic rings. The van der Waals surface area contributed by atoms with E-state index in [0.717, 1.165) is 86.9 Å². The molecule has 0 bridgehead atoms. The Morgan fingerprint density at radius 3 is 2.53 bits per heavy atom. The molecule has 10 heteroatoms. The summed E-state index contributed by atoms with van der Waals surface area (Å²) >= 11 is 1.65. The van der Waals surface area contributed by atoms with E-state index in [2.05, 4.69) is 38.3 Å². The molecule has 9 nitrogen and oxygen atoms in total. The summed E-state index contributed by atoms with van der Waals surface area (Å²) in [5.41, 5.74) is 0.916. The van der Waals surface area contributed by atoms with Gasteiger partial charge < -0.3 is 20.1 Å². The predicted molar refractivity (Wildman–Crippen MR) is 134 cm³/mol. The lowest BCUT2D eigenvalue weighted by Crippen LogP contribution is -2.46. The van der Waals surface area contributed by atoms with E-state index in [-0.39, 0.29) is 0 Å². The summed E-state index contributed by atoms with van der Waals surface area (Å²) in [6.07, 6.45) is 10.7. The third kappa shape index (κ3) is 4.91. The molecule has 0 atom stereocenters. The molecule has 0 aromatic carbocycles. The Morgan fingerprint density at radius 1 is 0.912 bits per heavy atom. The molecule has 3 aliphatic rings. The van der Waals surface area contributed by atoms with Crippen LogP contribution in [0.5, 0.6) is 0 Å². The van der Waals surface area contributed by atoms with Gasteiger partial charge in [-0.2, -0.15) is 10.1 Å². The second-order valence-electron chi connectivity index (χ2n) is 9.51. The van der Waals surface area contributed by atoms with Gasteiger partial charge in [0, 0.05) is 44.6 Å². The van der Waals surface area contributed by atoms with Gasteiger partial charge in [0.15, 0.2) is 0 Å². The number of fused-ring (bicyclic) bond motifs is 1. The van der Waals surface area contributed by atoms with Crippen LogP contribution in [0.2, 0.25) is 0 Å². The standard InChI is InChI=1S/C24H33N7O2S/c1-3-19(30-8-12-33-13-9-30)4-2-17(1)26-22-21-7-14-34-23(21)29-24(28-22)27-18-15-25-31(16-18)20-5-10-32-11-6-20/h7,14-17,19-20H,1-6,8-13H2,(H2,26,27,28,29). The van der Waals surface area contributed by atoms with E-state index < -0.39 is 0 Å². The van der Waals surface area contributed by atoms with Crippen LogP contribution in [0.25, 0.3) is 10.2 Å². The fourth-order valence-electron chi connectivity index (χ4n) is 5.42. The molecule has 0 amide bonds. The highest BCUT2D eigenvalue weighted by Gasteiger charge is 2.27. The van der Waals surface area contributed by atoms with Gasteiger partial charge in [0.1, 0.15) is 10.6 Å². The maximum Gasteiger partial charge on any atom is 0.230 e. The zero-order valence-corrected chi connectivity index (χ0v) is 20.3. The van der Waals surface area contributed by atoms with E-state index in [9.17, 15) is 0 Å². The molecule has 182 valence electrons. The van der Waals surface area contributed by atoms with Crippen molar-refractivity contribution in [2.45, 2.75) is 56.7 Å². The van der Waals surface area contributed by atoms with E-state index in [4.69, 9.17) is 19.4 Å². The largest absolute Gasteiger partial charge is 0.381 e. The highest BCUT2D eigenvalue weighted by Crippen LogP contribution is 2.31. The lowest BCUT2D eigenvalue weighted by Gasteiger charge is -2.39. The highest BCUT2D eigenvalue weighted by molar-refractivity contribution is 7.16. The molecule has 1 aliphatic carbocycles. The van der Waals surface area contributed by atoms with Gasteiger partial charge >= 0.3 is 0 Å². The molecular weight excluding hydrogens is 450 g/mol. The van der Waals surface area contributed by atoms with Crippen molar-refractivity contribution in [1.82, 2.24) is 24.6 Å². The Kier molecular flexibility index (Phi) is 6.63. The van der Waals surface area contributed by atoms with Crippen LogP contribution in [0.1, 0.15) is 44.6 Å². The lowest BCUT2D eigenvalue weighted by atomic mass is 9.90. The van der Waals surface area contributed by atoms with E-state index in [1.165, 1.54) is 12.8 Å². The molecule has 2 aliphatic heterocycles. The van der Waals surface area contributed by atoms with E-state index in [1.807, 2.05) is 10.9 Å². The molecule has 0 unspecified atom stereocenters. The Balaban J connectivity index is 1.13. The predicted octanol–water partition coefficient (Wildman–Crippen LogP) is 4.04. The fraction of sp³-hybridized carbons (Fsp3) is 0.625. The van der Waals surface area contributed by atoms with Crippen LogP contribution in [0.3, 0.4) is 0 Å². The molecule has 2 N–H and O–H groups in total. The minimum absolute atomic E-state index is 0.398. The monoisotopic (exact) mass is 483 g/mol. The van der Waals surface area contributed by atoms with Gasteiger partial charge in [-0.05, 0) is 50.0 Å². The van der Waals surface area contributed by atoms with Gasteiger partial charge in [-0.3, -0.25) is 9.58 Å². The molecular formula is C24H33N7O2S. The van der Waals surface area contributed by atoms with E-state index in [0.29, 0.717) is 24.1 Å². The van der Waals surface area contributed by atoms with Crippen molar-refractivity contribution in [2.24, 2.45) is 0 Å². The third-order valence-electron chi connectivity index (χ3n) is 7.35. The third-order valence-corrected chi connectivity index (χ3v) is 8.15. The van der Waals surface area contributed by atoms with Gasteiger partial charge in [-0.15, -0.1) is 11.3 Å². The maximum atomic E-state index is 5.53. The van der Waals surface area contributed by atoms with E-state index >= 15 is 0 Å². The second-order valence-corrected chi connectivity index (χ2v) is 10.4. The van der Waals surface area contributed by atoms with E-state index in [1.54, 1.807) is 11.3 Å². The zero-order valence-electron chi connectivity index (χ0n) is 19.5.